The number of nitrogens with two attached hydrogens (primary N) is 1. The molecule has 1 aromatic carbocycles. The Hall–Kier alpha value is -1.15. The van der Waals surface area contributed by atoms with Gasteiger partial charge in [-0.05, 0) is 37.6 Å². The number of rotatable bonds is 5. The summed E-state index contributed by atoms with van der Waals surface area (Å²) in [6.07, 6.45) is 0. The highest BCUT2D eigenvalue weighted by atomic mass is 35.5. The first-order valence-corrected chi connectivity index (χ1v) is 8.22. The smallest absolute Gasteiger partial charge is 0.228 e. The zero-order chi connectivity index (χ0) is 15.4. The van der Waals surface area contributed by atoms with Gasteiger partial charge in [-0.3, -0.25) is 4.79 Å². The van der Waals surface area contributed by atoms with Crippen molar-refractivity contribution in [3.63, 3.8) is 0 Å². The monoisotopic (exact) mass is 358 g/mol. The predicted octanol–water partition coefficient (Wildman–Crippen LogP) is 3.26. The average Bonchev–Trinajstić information content (AvgIpc) is 2.86. The van der Waals surface area contributed by atoms with Gasteiger partial charge in [-0.15, -0.1) is 22.6 Å². The lowest BCUT2D eigenvalue weighted by Crippen LogP contribution is -2.26. The van der Waals surface area contributed by atoms with Gasteiger partial charge in [-0.2, -0.15) is 0 Å². The van der Waals surface area contributed by atoms with E-state index in [1.54, 1.807) is 23.1 Å². The third kappa shape index (κ3) is 4.95. The highest BCUT2D eigenvalue weighted by Crippen LogP contribution is 2.32. The topological polar surface area (TPSA) is 80.9 Å². The zero-order valence-corrected chi connectivity index (χ0v) is 15.1. The fraction of sp³-hybridized carbons (Fsp3) is 0.357. The van der Waals surface area contributed by atoms with Crippen LogP contribution in [0.25, 0.3) is 0 Å². The molecular formula is C14H19ClN4OS2. The van der Waals surface area contributed by atoms with Crippen LogP contribution < -0.4 is 11.1 Å². The minimum atomic E-state index is -0.192. The normalized spacial score (nSPS) is 11.6. The fourth-order valence-electron chi connectivity index (χ4n) is 1.62. The van der Waals surface area contributed by atoms with Crippen LogP contribution in [0.5, 0.6) is 0 Å². The van der Waals surface area contributed by atoms with Gasteiger partial charge >= 0.3 is 0 Å². The van der Waals surface area contributed by atoms with Crippen LogP contribution in [0.15, 0.2) is 27.4 Å². The Bertz CT molecular complexity index is 648. The summed E-state index contributed by atoms with van der Waals surface area (Å²) in [7, 11) is 0. The summed E-state index contributed by atoms with van der Waals surface area (Å²) in [6, 6.07) is 5.91. The highest BCUT2D eigenvalue weighted by molar-refractivity contribution is 8.01. The molecule has 1 atom stereocenters. The number of halogens is 1. The second-order valence-corrected chi connectivity index (χ2v) is 7.29. The number of amides is 1. The van der Waals surface area contributed by atoms with E-state index in [4.69, 9.17) is 5.73 Å². The zero-order valence-electron chi connectivity index (χ0n) is 12.6. The van der Waals surface area contributed by atoms with Crippen molar-refractivity contribution in [3.05, 3.63) is 28.8 Å². The summed E-state index contributed by atoms with van der Waals surface area (Å²) in [5.41, 5.74) is 7.33. The standard InChI is InChI=1S/C14H18N4OS2.ClH/c1-8-6-11(21-14-18-17-10(3)20-14)4-5-12(8)16-13(19)9(2)7-15;/h4-6,9H,7,15H2,1-3H3,(H,16,19);1H. The minimum absolute atomic E-state index is 0. The van der Waals surface area contributed by atoms with Crippen LogP contribution in [0.2, 0.25) is 0 Å². The first-order chi connectivity index (χ1) is 9.99. The number of nitrogens with zero attached hydrogens (tertiary/aromatic N) is 2. The molecule has 2 aromatic rings. The summed E-state index contributed by atoms with van der Waals surface area (Å²) in [6.45, 7) is 6.06. The van der Waals surface area contributed by atoms with Crippen molar-refractivity contribution < 1.29 is 4.79 Å². The molecule has 1 aromatic heterocycles. The molecule has 0 bridgehead atoms. The molecule has 8 heteroatoms. The molecule has 0 saturated heterocycles. The van der Waals surface area contributed by atoms with Crippen molar-refractivity contribution >= 4 is 47.1 Å². The van der Waals surface area contributed by atoms with Gasteiger partial charge in [-0.1, -0.05) is 30.0 Å². The average molecular weight is 359 g/mol. The molecule has 1 unspecified atom stereocenters. The van der Waals surface area contributed by atoms with E-state index in [-0.39, 0.29) is 24.2 Å². The number of hydrogen-bond acceptors (Lipinski definition) is 6. The summed E-state index contributed by atoms with van der Waals surface area (Å²) in [4.78, 5) is 12.9. The second-order valence-electron chi connectivity index (χ2n) is 4.79. The van der Waals surface area contributed by atoms with Gasteiger partial charge in [0.05, 0.1) is 0 Å². The Morgan fingerprint density at radius 2 is 2.14 bits per heavy atom. The number of carbonyl (C=O) groups is 1. The lowest BCUT2D eigenvalue weighted by Gasteiger charge is -2.12. The van der Waals surface area contributed by atoms with Gasteiger partial charge in [0.2, 0.25) is 5.91 Å². The van der Waals surface area contributed by atoms with Crippen LogP contribution in [0, 0.1) is 19.8 Å². The van der Waals surface area contributed by atoms with Crippen molar-refractivity contribution in [2.24, 2.45) is 11.7 Å². The van der Waals surface area contributed by atoms with Crippen molar-refractivity contribution in [2.75, 3.05) is 11.9 Å². The SMILES string of the molecule is Cc1nnc(Sc2ccc(NC(=O)C(C)CN)c(C)c2)s1.Cl. The molecular weight excluding hydrogens is 340 g/mol. The first kappa shape index (κ1) is 18.9. The van der Waals surface area contributed by atoms with Crippen LogP contribution in [-0.4, -0.2) is 22.6 Å². The molecule has 0 spiro atoms. The Balaban J connectivity index is 0.00000242. The van der Waals surface area contributed by atoms with Crippen LogP contribution in [0.3, 0.4) is 0 Å². The maximum absolute atomic E-state index is 11.9. The molecule has 1 amide bonds. The lowest BCUT2D eigenvalue weighted by molar-refractivity contribution is -0.119. The lowest BCUT2D eigenvalue weighted by atomic mass is 10.1. The van der Waals surface area contributed by atoms with Crippen molar-refractivity contribution in [3.8, 4) is 0 Å². The summed E-state index contributed by atoms with van der Waals surface area (Å²) in [5.74, 6) is -0.247. The van der Waals surface area contributed by atoms with E-state index < -0.39 is 0 Å². The van der Waals surface area contributed by atoms with Crippen molar-refractivity contribution in [1.29, 1.82) is 0 Å². The van der Waals surface area contributed by atoms with Gasteiger partial charge in [-0.25, -0.2) is 0 Å². The molecule has 1 heterocycles. The quantitative estimate of drug-likeness (QED) is 0.857. The minimum Gasteiger partial charge on any atom is -0.330 e. The molecule has 3 N–H and O–H groups in total. The Labute approximate surface area is 144 Å². The molecule has 0 radical (unpaired) electrons. The molecule has 0 aliphatic heterocycles. The number of carbonyl (C=O) groups excluding carboxylic acids is 1. The number of benzene rings is 1. The number of hydrogen-bond donors (Lipinski definition) is 2. The van der Waals surface area contributed by atoms with Gasteiger partial charge in [0.15, 0.2) is 4.34 Å². The predicted molar refractivity (Wildman–Crippen MR) is 94.0 cm³/mol. The number of nitrogens with one attached hydrogen (secondary N) is 1. The number of aromatic nitrogens is 2. The molecule has 22 heavy (non-hydrogen) atoms. The molecule has 0 aliphatic carbocycles. The number of anilines is 1. The van der Waals surface area contributed by atoms with E-state index in [2.05, 4.69) is 15.5 Å². The molecule has 0 aliphatic rings. The van der Waals surface area contributed by atoms with E-state index in [1.807, 2.05) is 39.0 Å². The Morgan fingerprint density at radius 3 is 2.68 bits per heavy atom. The van der Waals surface area contributed by atoms with Crippen LogP contribution >= 0.6 is 35.5 Å². The van der Waals surface area contributed by atoms with E-state index in [9.17, 15) is 4.79 Å². The number of aryl methyl sites for hydroxylation is 2. The van der Waals surface area contributed by atoms with E-state index in [1.165, 1.54) is 0 Å². The van der Waals surface area contributed by atoms with Gasteiger partial charge in [0, 0.05) is 23.0 Å². The summed E-state index contributed by atoms with van der Waals surface area (Å²) in [5, 5.41) is 11.9. The highest BCUT2D eigenvalue weighted by Gasteiger charge is 2.12. The van der Waals surface area contributed by atoms with E-state index in [0.29, 0.717) is 6.54 Å². The third-order valence-corrected chi connectivity index (χ3v) is 4.85. The Kier molecular flexibility index (Phi) is 7.28. The first-order valence-electron chi connectivity index (χ1n) is 6.59. The maximum Gasteiger partial charge on any atom is 0.228 e. The summed E-state index contributed by atoms with van der Waals surface area (Å²) >= 11 is 3.14. The largest absolute Gasteiger partial charge is 0.330 e. The van der Waals surface area contributed by atoms with E-state index >= 15 is 0 Å². The Morgan fingerprint density at radius 1 is 1.41 bits per heavy atom. The van der Waals surface area contributed by atoms with Crippen LogP contribution in [0.1, 0.15) is 17.5 Å². The molecule has 0 fully saturated rings. The molecule has 0 saturated carbocycles. The van der Waals surface area contributed by atoms with Gasteiger partial charge in [0.25, 0.3) is 0 Å². The maximum atomic E-state index is 11.9. The molecule has 120 valence electrons. The van der Waals surface area contributed by atoms with Crippen molar-refractivity contribution in [1.82, 2.24) is 10.2 Å². The second kappa shape index (κ2) is 8.47. The summed E-state index contributed by atoms with van der Waals surface area (Å²) < 4.78 is 0.917. The van der Waals surface area contributed by atoms with Gasteiger partial charge in [0.1, 0.15) is 5.01 Å². The van der Waals surface area contributed by atoms with Crippen LogP contribution in [-0.2, 0) is 4.79 Å². The van der Waals surface area contributed by atoms with Crippen molar-refractivity contribution in [2.45, 2.75) is 30.0 Å². The third-order valence-electron chi connectivity index (χ3n) is 2.97. The van der Waals surface area contributed by atoms with E-state index in [0.717, 1.165) is 25.5 Å². The molecule has 5 nitrogen and oxygen atoms in total. The fourth-order valence-corrected chi connectivity index (χ4v) is 3.51. The van der Waals surface area contributed by atoms with Crippen LogP contribution in [0.4, 0.5) is 5.69 Å². The van der Waals surface area contributed by atoms with Gasteiger partial charge < -0.3 is 11.1 Å². The molecule has 2 rings (SSSR count).